The van der Waals surface area contributed by atoms with Crippen molar-refractivity contribution in [3.63, 3.8) is 0 Å². The van der Waals surface area contributed by atoms with Crippen molar-refractivity contribution in [2.45, 2.75) is 19.3 Å². The van der Waals surface area contributed by atoms with Crippen LogP contribution in [0.2, 0.25) is 0 Å². The Kier molecular flexibility index (Phi) is 15.0. The van der Waals surface area contributed by atoms with E-state index in [9.17, 15) is 0 Å². The number of para-hydroxylation sites is 4. The number of rotatable bonds is 6. The Hall–Kier alpha value is -16.2. The van der Waals surface area contributed by atoms with Crippen LogP contribution in [-0.2, 0) is 5.41 Å². The number of aromatic nitrogens is 3. The highest BCUT2D eigenvalue weighted by atomic mass is 32.1. The van der Waals surface area contributed by atoms with Gasteiger partial charge in [-0.1, -0.05) is 329 Å². The van der Waals surface area contributed by atoms with E-state index in [2.05, 4.69) is 434 Å². The summed E-state index contributed by atoms with van der Waals surface area (Å²) < 4.78 is 16.3. The molecule has 0 radical (unpaired) electrons. The van der Waals surface area contributed by atoms with Crippen molar-refractivity contribution >= 4 is 216 Å². The first kappa shape index (κ1) is 71.3. The molecular formula is C123H75N3OS. The molecule has 24 aromatic carbocycles. The predicted molar refractivity (Wildman–Crippen MR) is 547 cm³/mol. The zero-order valence-corrected chi connectivity index (χ0v) is 70.8. The number of fused-ring (bicyclic) bond motifs is 18. The molecule has 5 heteroatoms. The largest absolute Gasteiger partial charge is 0.456 e. The number of hydrogen-bond acceptors (Lipinski definition) is 2. The van der Waals surface area contributed by atoms with Gasteiger partial charge >= 0.3 is 0 Å². The van der Waals surface area contributed by atoms with Crippen LogP contribution in [-0.4, -0.2) is 13.7 Å². The van der Waals surface area contributed by atoms with E-state index in [1.165, 1.54) is 244 Å². The first-order valence-corrected chi connectivity index (χ1v) is 45.2. The van der Waals surface area contributed by atoms with Crippen LogP contribution in [0.4, 0.5) is 0 Å². The minimum Gasteiger partial charge on any atom is -0.456 e. The van der Waals surface area contributed by atoms with Crippen molar-refractivity contribution in [3.8, 4) is 61.6 Å². The molecule has 1 aliphatic carbocycles. The van der Waals surface area contributed by atoms with Crippen LogP contribution in [0, 0.1) is 0 Å². The lowest BCUT2D eigenvalue weighted by Gasteiger charge is -2.21. The number of nitrogens with zero attached hydrogens (tertiary/aromatic N) is 3. The van der Waals surface area contributed by atoms with E-state index in [-0.39, 0.29) is 5.41 Å². The molecule has 0 bridgehead atoms. The molecule has 0 spiro atoms. The summed E-state index contributed by atoms with van der Waals surface area (Å²) in [5, 5.41) is 36.4. The predicted octanol–water partition coefficient (Wildman–Crippen LogP) is 34.6. The quantitative estimate of drug-likeness (QED) is 0.153. The standard InChI is InChI=1S/C43H29N.C40H23NO.C40H23NS/c1-43(2)37-15-5-3-13-32(37)35-24-36-33-14-4-6-16-39(33)44(40(36)25-38(35)43)30-12-8-11-29(23-30)31-21-19-28-18-17-26-9-7-10-27-20-22-34(31)42(28)41(26)27;2*1-3-13-35-30(11-1)33-22-34-31-12-2-4-14-37(31)42-38(34)23-36(33)41(35)28-10-6-9-27(21-28)29-19-17-26-16-15-24-7-5-8-25-18-20-32(29)40(26)39(24)25/h3-25H,1-2H3;2*1-23H. The molecule has 0 atom stereocenters. The maximum atomic E-state index is 6.33. The van der Waals surface area contributed by atoms with Crippen molar-refractivity contribution in [1.82, 2.24) is 13.7 Å². The zero-order valence-electron chi connectivity index (χ0n) is 70.0. The second-order valence-corrected chi connectivity index (χ2v) is 36.7. The molecule has 4 nitrogen and oxygen atoms in total. The summed E-state index contributed by atoms with van der Waals surface area (Å²) >= 11 is 1.88. The maximum absolute atomic E-state index is 6.33. The number of thiophene rings is 1. The summed E-state index contributed by atoms with van der Waals surface area (Å²) in [5.41, 5.74) is 25.7. The molecule has 0 amide bonds. The molecule has 594 valence electrons. The fourth-order valence-electron chi connectivity index (χ4n) is 22.8. The number of furan rings is 1. The van der Waals surface area contributed by atoms with E-state index in [4.69, 9.17) is 4.42 Å². The van der Waals surface area contributed by atoms with Crippen LogP contribution in [0.25, 0.3) is 266 Å². The van der Waals surface area contributed by atoms with Crippen LogP contribution in [0.5, 0.6) is 0 Å². The SMILES string of the molecule is CC1(C)c2ccccc2-c2cc3c4ccccc4n(-c4cccc(-c5ccc6ccc7cccc8ccc5c6c78)c4)c3cc21.c1cc(-c2ccc3ccc4cccc5ccc2c3c45)cc(-n2c3ccccc3c3cc4c(cc32)oc2ccccc24)c1.c1cc(-c2ccc3ccc4cccc5ccc2c3c45)cc(-n2c3ccccc3c3cc4c(cc32)sc2ccccc24)c1. The summed E-state index contributed by atoms with van der Waals surface area (Å²) in [5.74, 6) is 0. The minimum absolute atomic E-state index is 0.0506. The normalized spacial score (nSPS) is 12.8. The van der Waals surface area contributed by atoms with Gasteiger partial charge in [0.05, 0.1) is 33.1 Å². The van der Waals surface area contributed by atoms with Gasteiger partial charge in [0.2, 0.25) is 0 Å². The molecule has 29 aromatic rings. The van der Waals surface area contributed by atoms with Gasteiger partial charge in [0.25, 0.3) is 0 Å². The lowest BCUT2D eigenvalue weighted by molar-refractivity contribution is 0.661. The number of benzene rings is 24. The smallest absolute Gasteiger partial charge is 0.137 e. The Balaban J connectivity index is 0.0000000971. The van der Waals surface area contributed by atoms with E-state index < -0.39 is 0 Å². The molecule has 0 fully saturated rings. The van der Waals surface area contributed by atoms with Gasteiger partial charge in [0, 0.05) is 91.8 Å². The average molecular weight is 1640 g/mol. The molecule has 5 aromatic heterocycles. The Morgan fingerprint density at radius 3 is 1.05 bits per heavy atom. The Bertz CT molecular complexity index is 9360. The van der Waals surface area contributed by atoms with E-state index in [0.717, 1.165) is 33.1 Å². The third kappa shape index (κ3) is 10.3. The second kappa shape index (κ2) is 26.9. The summed E-state index contributed by atoms with van der Waals surface area (Å²) in [6.07, 6.45) is 0. The highest BCUT2D eigenvalue weighted by molar-refractivity contribution is 7.25. The Morgan fingerprint density at radius 1 is 0.195 bits per heavy atom. The van der Waals surface area contributed by atoms with Gasteiger partial charge in [0.1, 0.15) is 11.2 Å². The minimum atomic E-state index is -0.0506. The first-order valence-electron chi connectivity index (χ1n) is 44.4. The van der Waals surface area contributed by atoms with Gasteiger partial charge in [0.15, 0.2) is 0 Å². The van der Waals surface area contributed by atoms with Gasteiger partial charge in [-0.15, -0.1) is 11.3 Å². The van der Waals surface area contributed by atoms with Crippen LogP contribution < -0.4 is 0 Å². The Morgan fingerprint density at radius 2 is 0.562 bits per heavy atom. The molecule has 0 unspecified atom stereocenters. The van der Waals surface area contributed by atoms with Crippen molar-refractivity contribution in [2.75, 3.05) is 0 Å². The molecule has 1 aliphatic rings. The molecular weight excluding hydrogens is 1570 g/mol. The molecule has 0 N–H and O–H groups in total. The summed E-state index contributed by atoms with van der Waals surface area (Å²) in [6, 6.07) is 155. The monoisotopic (exact) mass is 1640 g/mol. The van der Waals surface area contributed by atoms with Crippen LogP contribution in [0.15, 0.2) is 423 Å². The molecule has 128 heavy (non-hydrogen) atoms. The number of hydrogen-bond donors (Lipinski definition) is 0. The van der Waals surface area contributed by atoms with E-state index in [1.54, 1.807) is 0 Å². The van der Waals surface area contributed by atoms with E-state index in [1.807, 2.05) is 23.5 Å². The summed E-state index contributed by atoms with van der Waals surface area (Å²) in [4.78, 5) is 0. The zero-order chi connectivity index (χ0) is 83.9. The van der Waals surface area contributed by atoms with Crippen molar-refractivity contribution < 1.29 is 4.42 Å². The second-order valence-electron chi connectivity index (χ2n) is 35.6. The highest BCUT2D eigenvalue weighted by Crippen LogP contribution is 2.53. The summed E-state index contributed by atoms with van der Waals surface area (Å²) in [7, 11) is 0. The van der Waals surface area contributed by atoms with Crippen molar-refractivity contribution in [1.29, 1.82) is 0 Å². The lowest BCUT2D eigenvalue weighted by Crippen LogP contribution is -2.14. The topological polar surface area (TPSA) is 27.9 Å². The summed E-state index contributed by atoms with van der Waals surface area (Å²) in [6.45, 7) is 4.73. The van der Waals surface area contributed by atoms with Crippen molar-refractivity contribution in [2.24, 2.45) is 0 Å². The average Bonchev–Trinajstić information content (AvgIpc) is 1.63. The molecule has 0 saturated carbocycles. The lowest BCUT2D eigenvalue weighted by atomic mass is 9.82. The molecule has 0 saturated heterocycles. The van der Waals surface area contributed by atoms with Crippen LogP contribution >= 0.6 is 11.3 Å². The first-order chi connectivity index (χ1) is 63.2. The molecule has 0 aliphatic heterocycles. The van der Waals surface area contributed by atoms with Gasteiger partial charge in [-0.2, -0.15) is 0 Å². The molecule has 30 rings (SSSR count). The van der Waals surface area contributed by atoms with Crippen LogP contribution in [0.1, 0.15) is 25.0 Å². The molecule has 5 heterocycles. The van der Waals surface area contributed by atoms with Gasteiger partial charge < -0.3 is 18.1 Å². The van der Waals surface area contributed by atoms with Crippen molar-refractivity contribution in [3.05, 3.63) is 430 Å². The van der Waals surface area contributed by atoms with Gasteiger partial charge in [-0.25, -0.2) is 0 Å². The van der Waals surface area contributed by atoms with Crippen LogP contribution in [0.3, 0.4) is 0 Å². The third-order valence-electron chi connectivity index (χ3n) is 28.6. The highest BCUT2D eigenvalue weighted by Gasteiger charge is 2.37. The van der Waals surface area contributed by atoms with E-state index >= 15 is 0 Å². The third-order valence-corrected chi connectivity index (χ3v) is 29.7. The van der Waals surface area contributed by atoms with Gasteiger partial charge in [-0.3, -0.25) is 0 Å². The fourth-order valence-corrected chi connectivity index (χ4v) is 23.9. The van der Waals surface area contributed by atoms with E-state index in [0.29, 0.717) is 0 Å². The van der Waals surface area contributed by atoms with Gasteiger partial charge in [-0.05, 0) is 250 Å². The Labute approximate surface area is 739 Å². The fraction of sp³-hybridized carbons (Fsp3) is 0.0244. The maximum Gasteiger partial charge on any atom is 0.137 e.